The molecule has 0 atom stereocenters. The molecule has 1 fully saturated rings. The van der Waals surface area contributed by atoms with Gasteiger partial charge in [0.25, 0.3) is 0 Å². The minimum atomic E-state index is -0.235. The number of carbonyl (C=O) groups is 1. The minimum absolute atomic E-state index is 0.216. The molecule has 0 radical (unpaired) electrons. The molecule has 1 saturated carbocycles. The molecule has 3 nitrogen and oxygen atoms in total. The van der Waals surface area contributed by atoms with Crippen molar-refractivity contribution in [3.8, 4) is 0 Å². The molecule has 1 aliphatic rings. The molecular weight excluding hydrogens is 233 g/mol. The van der Waals surface area contributed by atoms with Crippen molar-refractivity contribution in [1.82, 2.24) is 4.90 Å². The lowest BCUT2D eigenvalue weighted by atomic mass is 10.2. The van der Waals surface area contributed by atoms with Crippen molar-refractivity contribution in [1.29, 1.82) is 0 Å². The summed E-state index contributed by atoms with van der Waals surface area (Å²) < 4.78 is 18.5. The molecule has 0 N–H and O–H groups in total. The minimum Gasteiger partial charge on any atom is -0.465 e. The van der Waals surface area contributed by atoms with Crippen molar-refractivity contribution in [3.05, 3.63) is 35.6 Å². The van der Waals surface area contributed by atoms with Crippen molar-refractivity contribution in [2.75, 3.05) is 13.2 Å². The summed E-state index contributed by atoms with van der Waals surface area (Å²) in [5, 5.41) is 0. The Morgan fingerprint density at radius 2 is 2.17 bits per heavy atom. The van der Waals surface area contributed by atoms with E-state index in [1.807, 2.05) is 11.0 Å². The van der Waals surface area contributed by atoms with Crippen LogP contribution in [0, 0.1) is 5.82 Å². The molecule has 1 aliphatic carbocycles. The number of hydrogen-bond donors (Lipinski definition) is 0. The van der Waals surface area contributed by atoms with Crippen molar-refractivity contribution in [2.45, 2.75) is 32.4 Å². The lowest BCUT2D eigenvalue weighted by Gasteiger charge is -2.21. The highest BCUT2D eigenvalue weighted by Crippen LogP contribution is 2.28. The number of ether oxygens (including phenoxy) is 1. The molecule has 0 unspecified atom stereocenters. The standard InChI is InChI=1S/C14H18FNO2/c1-2-18-14(17)10-16(12-7-8-12)9-11-5-3-4-6-13(11)15/h3-6,12H,2,7-10H2,1H3. The van der Waals surface area contributed by atoms with Gasteiger partial charge in [0.2, 0.25) is 0 Å². The van der Waals surface area contributed by atoms with Crippen LogP contribution in [0.4, 0.5) is 4.39 Å². The maximum atomic E-state index is 13.6. The third kappa shape index (κ3) is 3.53. The van der Waals surface area contributed by atoms with Crippen LogP contribution in [0.2, 0.25) is 0 Å². The van der Waals surface area contributed by atoms with Gasteiger partial charge in [-0.15, -0.1) is 0 Å². The van der Waals surface area contributed by atoms with E-state index in [0.717, 1.165) is 12.8 Å². The van der Waals surface area contributed by atoms with Gasteiger partial charge < -0.3 is 4.74 Å². The van der Waals surface area contributed by atoms with Crippen molar-refractivity contribution in [2.24, 2.45) is 0 Å². The largest absolute Gasteiger partial charge is 0.465 e. The summed E-state index contributed by atoms with van der Waals surface area (Å²) in [7, 11) is 0. The normalized spacial score (nSPS) is 14.8. The van der Waals surface area contributed by atoms with Crippen LogP contribution in [0.3, 0.4) is 0 Å². The predicted molar refractivity (Wildman–Crippen MR) is 66.5 cm³/mol. The van der Waals surface area contributed by atoms with Crippen LogP contribution in [0.1, 0.15) is 25.3 Å². The molecule has 0 amide bonds. The van der Waals surface area contributed by atoms with Crippen LogP contribution in [-0.2, 0) is 16.1 Å². The SMILES string of the molecule is CCOC(=O)CN(Cc1ccccc1F)C1CC1. The number of hydrogen-bond acceptors (Lipinski definition) is 3. The highest BCUT2D eigenvalue weighted by Gasteiger charge is 2.31. The van der Waals surface area contributed by atoms with Crippen LogP contribution in [0.5, 0.6) is 0 Å². The fourth-order valence-electron chi connectivity index (χ4n) is 1.97. The van der Waals surface area contributed by atoms with Crippen molar-refractivity contribution < 1.29 is 13.9 Å². The number of esters is 1. The quantitative estimate of drug-likeness (QED) is 0.727. The van der Waals surface area contributed by atoms with E-state index in [2.05, 4.69) is 0 Å². The van der Waals surface area contributed by atoms with Gasteiger partial charge in [-0.25, -0.2) is 4.39 Å². The first kappa shape index (κ1) is 13.0. The van der Waals surface area contributed by atoms with E-state index in [1.54, 1.807) is 19.1 Å². The van der Waals surface area contributed by atoms with Gasteiger partial charge in [0.15, 0.2) is 0 Å². The Morgan fingerprint density at radius 1 is 1.44 bits per heavy atom. The van der Waals surface area contributed by atoms with E-state index in [1.165, 1.54) is 6.07 Å². The smallest absolute Gasteiger partial charge is 0.320 e. The third-order valence-corrected chi connectivity index (χ3v) is 3.03. The van der Waals surface area contributed by atoms with Crippen LogP contribution < -0.4 is 0 Å². The van der Waals surface area contributed by atoms with Crippen LogP contribution >= 0.6 is 0 Å². The lowest BCUT2D eigenvalue weighted by Crippen LogP contribution is -2.32. The summed E-state index contributed by atoms with van der Waals surface area (Å²) >= 11 is 0. The fourth-order valence-corrected chi connectivity index (χ4v) is 1.97. The van der Waals surface area contributed by atoms with E-state index >= 15 is 0 Å². The topological polar surface area (TPSA) is 29.5 Å². The van der Waals surface area contributed by atoms with E-state index in [0.29, 0.717) is 24.8 Å². The van der Waals surface area contributed by atoms with Crippen LogP contribution in [0.25, 0.3) is 0 Å². The summed E-state index contributed by atoms with van der Waals surface area (Å²) in [5.74, 6) is -0.451. The molecule has 4 heteroatoms. The second-order valence-electron chi connectivity index (χ2n) is 4.53. The highest BCUT2D eigenvalue weighted by atomic mass is 19.1. The van der Waals surface area contributed by atoms with Crippen molar-refractivity contribution in [3.63, 3.8) is 0 Å². The molecule has 0 bridgehead atoms. The Morgan fingerprint density at radius 3 is 2.78 bits per heavy atom. The molecule has 0 saturated heterocycles. The van der Waals surface area contributed by atoms with Gasteiger partial charge in [-0.1, -0.05) is 18.2 Å². The van der Waals surface area contributed by atoms with Crippen molar-refractivity contribution >= 4 is 5.97 Å². The Bertz CT molecular complexity index is 418. The summed E-state index contributed by atoms with van der Waals surface area (Å²) in [6, 6.07) is 7.09. The zero-order valence-electron chi connectivity index (χ0n) is 10.6. The molecule has 0 aromatic heterocycles. The van der Waals surface area contributed by atoms with Gasteiger partial charge in [0.05, 0.1) is 13.2 Å². The third-order valence-electron chi connectivity index (χ3n) is 3.03. The Balaban J connectivity index is 1.98. The van der Waals surface area contributed by atoms with E-state index in [9.17, 15) is 9.18 Å². The highest BCUT2D eigenvalue weighted by molar-refractivity contribution is 5.71. The van der Waals surface area contributed by atoms with E-state index in [-0.39, 0.29) is 18.3 Å². The molecule has 0 heterocycles. The van der Waals surface area contributed by atoms with Gasteiger partial charge in [-0.05, 0) is 25.8 Å². The number of nitrogens with zero attached hydrogens (tertiary/aromatic N) is 1. The number of benzene rings is 1. The number of rotatable bonds is 6. The molecule has 1 aromatic rings. The molecule has 0 spiro atoms. The molecular formula is C14H18FNO2. The zero-order chi connectivity index (χ0) is 13.0. The summed E-state index contributed by atoms with van der Waals surface area (Å²) in [4.78, 5) is 13.5. The van der Waals surface area contributed by atoms with Gasteiger partial charge in [0.1, 0.15) is 5.82 Å². The molecule has 0 aliphatic heterocycles. The first-order valence-corrected chi connectivity index (χ1v) is 6.33. The Kier molecular flexibility index (Phi) is 4.31. The molecule has 2 rings (SSSR count). The van der Waals surface area contributed by atoms with Crippen LogP contribution in [0.15, 0.2) is 24.3 Å². The average molecular weight is 251 g/mol. The summed E-state index contributed by atoms with van der Waals surface area (Å²) in [5.41, 5.74) is 0.633. The molecule has 1 aromatic carbocycles. The second-order valence-corrected chi connectivity index (χ2v) is 4.53. The Hall–Kier alpha value is -1.42. The number of halogens is 1. The lowest BCUT2D eigenvalue weighted by molar-refractivity contribution is -0.144. The van der Waals surface area contributed by atoms with E-state index < -0.39 is 0 Å². The molecule has 18 heavy (non-hydrogen) atoms. The van der Waals surface area contributed by atoms with E-state index in [4.69, 9.17) is 4.74 Å². The van der Waals surface area contributed by atoms with Gasteiger partial charge in [-0.2, -0.15) is 0 Å². The van der Waals surface area contributed by atoms with Gasteiger partial charge in [-0.3, -0.25) is 9.69 Å². The van der Waals surface area contributed by atoms with Gasteiger partial charge in [0, 0.05) is 18.2 Å². The maximum Gasteiger partial charge on any atom is 0.320 e. The predicted octanol–water partition coefficient (Wildman–Crippen LogP) is 2.35. The zero-order valence-corrected chi connectivity index (χ0v) is 10.6. The van der Waals surface area contributed by atoms with Gasteiger partial charge >= 0.3 is 5.97 Å². The summed E-state index contributed by atoms with van der Waals surface area (Å²) in [6.45, 7) is 2.89. The number of carbonyl (C=O) groups excluding carboxylic acids is 1. The fraction of sp³-hybridized carbons (Fsp3) is 0.500. The Labute approximate surface area is 107 Å². The van der Waals surface area contributed by atoms with Crippen LogP contribution in [-0.4, -0.2) is 30.1 Å². The monoisotopic (exact) mass is 251 g/mol. The first-order chi connectivity index (χ1) is 8.70. The average Bonchev–Trinajstić information content (AvgIpc) is 3.15. The molecule has 98 valence electrons. The maximum absolute atomic E-state index is 13.6. The second kappa shape index (κ2) is 5.96. The first-order valence-electron chi connectivity index (χ1n) is 6.33. The summed E-state index contributed by atoms with van der Waals surface area (Å²) in [6.07, 6.45) is 2.15.